The lowest BCUT2D eigenvalue weighted by Crippen LogP contribution is -1.94. The van der Waals surface area contributed by atoms with Crippen molar-refractivity contribution in [3.63, 3.8) is 0 Å². The SMILES string of the molecule is N#Cc1c(F)cccc1-c1cc(F)c(F)c(F)c1. The summed E-state index contributed by atoms with van der Waals surface area (Å²) in [6.45, 7) is 0. The van der Waals surface area contributed by atoms with Gasteiger partial charge in [-0.05, 0) is 23.8 Å². The number of hydrogen-bond acceptors (Lipinski definition) is 1. The Bertz CT molecular complexity index is 636. The Hall–Kier alpha value is -2.35. The first kappa shape index (κ1) is 12.1. The van der Waals surface area contributed by atoms with Gasteiger partial charge in [-0.25, -0.2) is 17.6 Å². The predicted octanol–water partition coefficient (Wildman–Crippen LogP) is 3.78. The van der Waals surface area contributed by atoms with Gasteiger partial charge in [0.05, 0.1) is 5.56 Å². The summed E-state index contributed by atoms with van der Waals surface area (Å²) in [5, 5.41) is 8.80. The van der Waals surface area contributed by atoms with E-state index in [1.807, 2.05) is 0 Å². The maximum atomic E-state index is 13.3. The highest BCUT2D eigenvalue weighted by atomic mass is 19.2. The van der Waals surface area contributed by atoms with Crippen LogP contribution in [0.25, 0.3) is 11.1 Å². The van der Waals surface area contributed by atoms with Crippen molar-refractivity contribution >= 4 is 0 Å². The van der Waals surface area contributed by atoms with Gasteiger partial charge in [0.15, 0.2) is 17.5 Å². The molecule has 2 aromatic rings. The Balaban J connectivity index is 2.71. The van der Waals surface area contributed by atoms with Crippen LogP contribution < -0.4 is 0 Å². The van der Waals surface area contributed by atoms with Crippen molar-refractivity contribution in [2.24, 2.45) is 0 Å². The third-order valence-corrected chi connectivity index (χ3v) is 2.42. The topological polar surface area (TPSA) is 23.8 Å². The fraction of sp³-hybridized carbons (Fsp3) is 0. The first-order valence-corrected chi connectivity index (χ1v) is 4.88. The second-order valence-corrected chi connectivity index (χ2v) is 3.53. The van der Waals surface area contributed by atoms with Crippen LogP contribution in [0.15, 0.2) is 30.3 Å². The molecular weight excluding hydrogens is 246 g/mol. The van der Waals surface area contributed by atoms with Gasteiger partial charge < -0.3 is 0 Å². The molecule has 0 aliphatic carbocycles. The van der Waals surface area contributed by atoms with E-state index in [-0.39, 0.29) is 16.7 Å². The lowest BCUT2D eigenvalue weighted by atomic mass is 9.99. The zero-order chi connectivity index (χ0) is 13.3. The maximum absolute atomic E-state index is 13.3. The molecule has 0 amide bonds. The molecule has 0 bridgehead atoms. The third-order valence-electron chi connectivity index (χ3n) is 2.42. The van der Waals surface area contributed by atoms with Gasteiger partial charge in [0.1, 0.15) is 11.9 Å². The molecule has 0 spiro atoms. The Morgan fingerprint density at radius 3 is 2.06 bits per heavy atom. The fourth-order valence-corrected chi connectivity index (χ4v) is 1.59. The van der Waals surface area contributed by atoms with Crippen molar-refractivity contribution in [3.05, 3.63) is 59.2 Å². The average Bonchev–Trinajstić information content (AvgIpc) is 2.35. The van der Waals surface area contributed by atoms with E-state index in [1.54, 1.807) is 6.07 Å². The van der Waals surface area contributed by atoms with Crippen molar-refractivity contribution in [1.29, 1.82) is 5.26 Å². The molecule has 0 fully saturated rings. The summed E-state index contributed by atoms with van der Waals surface area (Å²) in [5.74, 6) is -5.19. The summed E-state index contributed by atoms with van der Waals surface area (Å²) in [6.07, 6.45) is 0. The minimum absolute atomic E-state index is 0.00954. The van der Waals surface area contributed by atoms with Crippen molar-refractivity contribution in [2.45, 2.75) is 0 Å². The standard InChI is InChI=1S/C13H5F4N/c14-10-3-1-2-8(9(10)6-18)7-4-11(15)13(17)12(16)5-7/h1-5H. The molecule has 0 aliphatic heterocycles. The van der Waals surface area contributed by atoms with Crippen LogP contribution in [0.4, 0.5) is 17.6 Å². The zero-order valence-electron chi connectivity index (χ0n) is 8.85. The summed E-state index contributed by atoms with van der Waals surface area (Å²) in [5.41, 5.74) is -0.430. The van der Waals surface area contributed by atoms with Gasteiger partial charge in [0, 0.05) is 5.56 Å². The summed E-state index contributed by atoms with van der Waals surface area (Å²) in [7, 11) is 0. The molecule has 2 aromatic carbocycles. The van der Waals surface area contributed by atoms with Crippen molar-refractivity contribution in [1.82, 2.24) is 0 Å². The molecule has 0 saturated heterocycles. The van der Waals surface area contributed by atoms with Crippen LogP contribution in [0.3, 0.4) is 0 Å². The van der Waals surface area contributed by atoms with Gasteiger partial charge in [0.2, 0.25) is 0 Å². The second kappa shape index (κ2) is 4.49. The molecule has 0 unspecified atom stereocenters. The Morgan fingerprint density at radius 1 is 0.889 bits per heavy atom. The molecule has 0 radical (unpaired) electrons. The summed E-state index contributed by atoms with van der Waals surface area (Å²) < 4.78 is 52.3. The lowest BCUT2D eigenvalue weighted by Gasteiger charge is -2.06. The van der Waals surface area contributed by atoms with Gasteiger partial charge in [-0.1, -0.05) is 12.1 Å². The summed E-state index contributed by atoms with van der Waals surface area (Å²) >= 11 is 0. The Morgan fingerprint density at radius 2 is 1.50 bits per heavy atom. The van der Waals surface area contributed by atoms with Gasteiger partial charge in [-0.15, -0.1) is 0 Å². The van der Waals surface area contributed by atoms with E-state index in [1.165, 1.54) is 12.1 Å². The molecule has 90 valence electrons. The zero-order valence-corrected chi connectivity index (χ0v) is 8.85. The van der Waals surface area contributed by atoms with Crippen LogP contribution >= 0.6 is 0 Å². The average molecular weight is 251 g/mol. The highest BCUT2D eigenvalue weighted by Gasteiger charge is 2.15. The van der Waals surface area contributed by atoms with E-state index in [0.29, 0.717) is 12.1 Å². The molecule has 5 heteroatoms. The van der Waals surface area contributed by atoms with Crippen LogP contribution in [-0.2, 0) is 0 Å². The van der Waals surface area contributed by atoms with Crippen LogP contribution in [0.5, 0.6) is 0 Å². The van der Waals surface area contributed by atoms with Gasteiger partial charge in [-0.3, -0.25) is 0 Å². The van der Waals surface area contributed by atoms with Gasteiger partial charge in [-0.2, -0.15) is 5.26 Å². The van der Waals surface area contributed by atoms with Crippen LogP contribution in [0.2, 0.25) is 0 Å². The number of hydrogen-bond donors (Lipinski definition) is 0. The van der Waals surface area contributed by atoms with E-state index >= 15 is 0 Å². The normalized spacial score (nSPS) is 10.2. The second-order valence-electron chi connectivity index (χ2n) is 3.53. The van der Waals surface area contributed by atoms with E-state index in [2.05, 4.69) is 0 Å². The van der Waals surface area contributed by atoms with Gasteiger partial charge >= 0.3 is 0 Å². The molecular formula is C13H5F4N. The fourth-order valence-electron chi connectivity index (χ4n) is 1.59. The first-order valence-electron chi connectivity index (χ1n) is 4.88. The highest BCUT2D eigenvalue weighted by Crippen LogP contribution is 2.27. The summed E-state index contributed by atoms with van der Waals surface area (Å²) in [6, 6.07) is 6.71. The van der Waals surface area contributed by atoms with E-state index in [0.717, 1.165) is 6.07 Å². The smallest absolute Gasteiger partial charge is 0.194 e. The van der Waals surface area contributed by atoms with Crippen LogP contribution in [0.1, 0.15) is 5.56 Å². The van der Waals surface area contributed by atoms with Crippen molar-refractivity contribution < 1.29 is 17.6 Å². The molecule has 0 saturated carbocycles. The maximum Gasteiger partial charge on any atom is 0.194 e. The number of halogens is 4. The molecule has 1 nitrogen and oxygen atoms in total. The Labute approximate surface area is 99.9 Å². The molecule has 0 aromatic heterocycles. The molecule has 0 atom stereocenters. The lowest BCUT2D eigenvalue weighted by molar-refractivity contribution is 0.447. The highest BCUT2D eigenvalue weighted by molar-refractivity contribution is 5.70. The number of rotatable bonds is 1. The first-order chi connectivity index (χ1) is 8.54. The number of benzene rings is 2. The van der Waals surface area contributed by atoms with Crippen molar-refractivity contribution in [2.75, 3.05) is 0 Å². The molecule has 18 heavy (non-hydrogen) atoms. The number of nitriles is 1. The molecule has 0 aliphatic rings. The molecule has 0 heterocycles. The van der Waals surface area contributed by atoms with Crippen LogP contribution in [-0.4, -0.2) is 0 Å². The van der Waals surface area contributed by atoms with Crippen LogP contribution in [0, 0.1) is 34.6 Å². The van der Waals surface area contributed by atoms with Gasteiger partial charge in [0.25, 0.3) is 0 Å². The molecule has 2 rings (SSSR count). The molecule has 0 N–H and O–H groups in total. The predicted molar refractivity (Wildman–Crippen MR) is 56.4 cm³/mol. The van der Waals surface area contributed by atoms with Crippen molar-refractivity contribution in [3.8, 4) is 17.2 Å². The Kier molecular flexibility index (Phi) is 3.02. The monoisotopic (exact) mass is 251 g/mol. The van der Waals surface area contributed by atoms with E-state index in [9.17, 15) is 17.6 Å². The third kappa shape index (κ3) is 1.93. The van der Waals surface area contributed by atoms with E-state index in [4.69, 9.17) is 5.26 Å². The van der Waals surface area contributed by atoms with E-state index < -0.39 is 23.3 Å². The largest absolute Gasteiger partial charge is 0.206 e. The number of nitrogens with zero attached hydrogens (tertiary/aromatic N) is 1. The quantitative estimate of drug-likeness (QED) is 0.559. The summed E-state index contributed by atoms with van der Waals surface area (Å²) in [4.78, 5) is 0. The minimum atomic E-state index is -1.60. The minimum Gasteiger partial charge on any atom is -0.206 e.